The van der Waals surface area contributed by atoms with Crippen molar-refractivity contribution < 1.29 is 9.53 Å². The van der Waals surface area contributed by atoms with Gasteiger partial charge in [-0.05, 0) is 65.0 Å². The van der Waals surface area contributed by atoms with Crippen molar-refractivity contribution in [1.82, 2.24) is 4.90 Å². The fraction of sp³-hybridized carbons (Fsp3) is 0.688. The Morgan fingerprint density at radius 1 is 1.25 bits per heavy atom. The third kappa shape index (κ3) is 3.17. The Balaban J connectivity index is 2.09. The molecule has 0 bridgehead atoms. The number of ether oxygens (including phenoxy) is 1. The average Bonchev–Trinajstić information content (AvgIpc) is 2.61. The fourth-order valence-electron chi connectivity index (χ4n) is 2.83. The van der Waals surface area contributed by atoms with Crippen molar-refractivity contribution in [2.45, 2.75) is 65.5 Å². The highest BCUT2D eigenvalue weighted by atomic mass is 32.1. The van der Waals surface area contributed by atoms with E-state index >= 15 is 0 Å². The van der Waals surface area contributed by atoms with Crippen molar-refractivity contribution >= 4 is 17.4 Å². The lowest BCUT2D eigenvalue weighted by molar-refractivity contribution is 0.0210. The predicted octanol–water partition coefficient (Wildman–Crippen LogP) is 4.09. The molecule has 0 spiro atoms. The van der Waals surface area contributed by atoms with Crippen LogP contribution in [-0.2, 0) is 17.6 Å². The molecule has 0 saturated carbocycles. The molecule has 1 aliphatic carbocycles. The number of amides is 1. The highest BCUT2D eigenvalue weighted by Gasteiger charge is 2.30. The van der Waals surface area contributed by atoms with Crippen molar-refractivity contribution in [3.05, 3.63) is 20.9 Å². The largest absolute Gasteiger partial charge is 0.444 e. The molecule has 20 heavy (non-hydrogen) atoms. The van der Waals surface area contributed by atoms with Gasteiger partial charge in [0.2, 0.25) is 0 Å². The summed E-state index contributed by atoms with van der Waals surface area (Å²) >= 11 is 1.88. The molecule has 0 aromatic carbocycles. The molecule has 1 aromatic rings. The van der Waals surface area contributed by atoms with Gasteiger partial charge < -0.3 is 9.64 Å². The maximum atomic E-state index is 12.2. The summed E-state index contributed by atoms with van der Waals surface area (Å²) in [5.74, 6) is 0. The number of hydrogen-bond acceptors (Lipinski definition) is 3. The van der Waals surface area contributed by atoms with Crippen LogP contribution in [0.25, 0.3) is 0 Å². The number of likely N-dealkylation sites (N-methyl/N-ethyl adjacent to an activating group) is 1. The molecule has 0 saturated heterocycles. The molecule has 0 radical (unpaired) electrons. The van der Waals surface area contributed by atoms with Crippen LogP contribution in [0.5, 0.6) is 0 Å². The van der Waals surface area contributed by atoms with Gasteiger partial charge in [0.05, 0.1) is 0 Å². The summed E-state index contributed by atoms with van der Waals surface area (Å²) < 4.78 is 5.47. The Kier molecular flexibility index (Phi) is 4.14. The van der Waals surface area contributed by atoms with E-state index in [-0.39, 0.29) is 12.1 Å². The molecule has 1 aromatic heterocycles. The Morgan fingerprint density at radius 2 is 1.85 bits per heavy atom. The van der Waals surface area contributed by atoms with Crippen LogP contribution < -0.4 is 0 Å². The first-order valence-corrected chi connectivity index (χ1v) is 8.04. The van der Waals surface area contributed by atoms with Crippen LogP contribution in [0.1, 0.15) is 48.1 Å². The van der Waals surface area contributed by atoms with Crippen LogP contribution in [0.4, 0.5) is 4.79 Å². The molecule has 1 unspecified atom stereocenters. The number of nitrogens with zero attached hydrogens (tertiary/aromatic N) is 1. The topological polar surface area (TPSA) is 29.5 Å². The molecule has 3 nitrogen and oxygen atoms in total. The van der Waals surface area contributed by atoms with Gasteiger partial charge >= 0.3 is 6.09 Å². The van der Waals surface area contributed by atoms with E-state index in [2.05, 4.69) is 13.8 Å². The van der Waals surface area contributed by atoms with Gasteiger partial charge in [-0.2, -0.15) is 0 Å². The number of aryl methyl sites for hydroxylation is 2. The Bertz CT molecular complexity index is 513. The number of carbonyl (C=O) groups is 1. The van der Waals surface area contributed by atoms with Gasteiger partial charge in [-0.25, -0.2) is 4.79 Å². The molecule has 2 rings (SSSR count). The highest BCUT2D eigenvalue weighted by Crippen LogP contribution is 2.34. The van der Waals surface area contributed by atoms with E-state index in [4.69, 9.17) is 4.74 Å². The molecular weight excluding hydrogens is 270 g/mol. The minimum atomic E-state index is -0.430. The quantitative estimate of drug-likeness (QED) is 0.781. The number of thiophene rings is 1. The number of rotatable bonds is 1. The number of fused-ring (bicyclic) bond motifs is 1. The van der Waals surface area contributed by atoms with Crippen LogP contribution in [0.15, 0.2) is 0 Å². The lowest BCUT2D eigenvalue weighted by Gasteiger charge is -2.33. The summed E-state index contributed by atoms with van der Waals surface area (Å²) in [5, 5.41) is 0. The Morgan fingerprint density at radius 3 is 2.45 bits per heavy atom. The molecule has 4 heteroatoms. The van der Waals surface area contributed by atoms with Crippen molar-refractivity contribution in [3.8, 4) is 0 Å². The van der Waals surface area contributed by atoms with E-state index in [1.807, 2.05) is 39.2 Å². The Labute approximate surface area is 125 Å². The zero-order valence-corrected chi connectivity index (χ0v) is 14.2. The summed E-state index contributed by atoms with van der Waals surface area (Å²) in [6.07, 6.45) is 2.85. The van der Waals surface area contributed by atoms with Gasteiger partial charge in [0.25, 0.3) is 0 Å². The minimum absolute atomic E-state index is 0.212. The smallest absolute Gasteiger partial charge is 0.410 e. The molecule has 1 heterocycles. The fourth-order valence-corrected chi connectivity index (χ4v) is 3.97. The SMILES string of the molecule is Cc1sc(C)c2c1CCC(N(C)C(=O)OC(C)(C)C)C2. The second kappa shape index (κ2) is 5.40. The van der Waals surface area contributed by atoms with Gasteiger partial charge in [0.1, 0.15) is 5.60 Å². The minimum Gasteiger partial charge on any atom is -0.444 e. The molecule has 1 amide bonds. The van der Waals surface area contributed by atoms with Crippen LogP contribution >= 0.6 is 11.3 Å². The van der Waals surface area contributed by atoms with Crippen LogP contribution in [0.3, 0.4) is 0 Å². The maximum absolute atomic E-state index is 12.2. The first kappa shape index (κ1) is 15.4. The molecule has 0 N–H and O–H groups in total. The monoisotopic (exact) mass is 295 g/mol. The van der Waals surface area contributed by atoms with Crippen molar-refractivity contribution in [2.75, 3.05) is 7.05 Å². The number of hydrogen-bond donors (Lipinski definition) is 0. The zero-order chi connectivity index (χ0) is 15.1. The summed E-state index contributed by atoms with van der Waals surface area (Å²) in [7, 11) is 1.86. The van der Waals surface area contributed by atoms with E-state index in [0.717, 1.165) is 19.3 Å². The lowest BCUT2D eigenvalue weighted by atomic mass is 9.88. The van der Waals surface area contributed by atoms with Gasteiger partial charge in [0.15, 0.2) is 0 Å². The molecule has 0 fully saturated rings. The first-order valence-electron chi connectivity index (χ1n) is 7.22. The van der Waals surface area contributed by atoms with Gasteiger partial charge in [-0.1, -0.05) is 0 Å². The van der Waals surface area contributed by atoms with Crippen LogP contribution in [-0.4, -0.2) is 29.7 Å². The normalized spacial score (nSPS) is 18.6. The van der Waals surface area contributed by atoms with Gasteiger partial charge in [-0.3, -0.25) is 0 Å². The highest BCUT2D eigenvalue weighted by molar-refractivity contribution is 7.12. The predicted molar refractivity (Wildman–Crippen MR) is 83.6 cm³/mol. The first-order chi connectivity index (χ1) is 9.19. The second-order valence-corrected chi connectivity index (χ2v) is 8.09. The third-order valence-corrected chi connectivity index (χ3v) is 5.02. The van der Waals surface area contributed by atoms with E-state index in [1.54, 1.807) is 4.90 Å². The Hall–Kier alpha value is -1.03. The summed E-state index contributed by atoms with van der Waals surface area (Å²) in [6.45, 7) is 10.1. The molecule has 112 valence electrons. The van der Waals surface area contributed by atoms with Gasteiger partial charge in [0, 0.05) is 22.8 Å². The van der Waals surface area contributed by atoms with Crippen LogP contribution in [0.2, 0.25) is 0 Å². The summed E-state index contributed by atoms with van der Waals surface area (Å²) in [5.41, 5.74) is 2.54. The van der Waals surface area contributed by atoms with Crippen molar-refractivity contribution in [1.29, 1.82) is 0 Å². The third-order valence-electron chi connectivity index (χ3n) is 3.92. The molecule has 0 aliphatic heterocycles. The maximum Gasteiger partial charge on any atom is 0.410 e. The standard InChI is InChI=1S/C16H25NO2S/c1-10-13-8-7-12(9-14(13)11(2)20-10)17(6)15(18)19-16(3,4)5/h12H,7-9H2,1-6H3. The van der Waals surface area contributed by atoms with E-state index in [0.29, 0.717) is 0 Å². The number of carbonyl (C=O) groups excluding carboxylic acids is 1. The summed E-state index contributed by atoms with van der Waals surface area (Å²) in [4.78, 5) is 16.8. The van der Waals surface area contributed by atoms with Crippen molar-refractivity contribution in [3.63, 3.8) is 0 Å². The van der Waals surface area contributed by atoms with Crippen molar-refractivity contribution in [2.24, 2.45) is 0 Å². The van der Waals surface area contributed by atoms with E-state index in [1.165, 1.54) is 20.9 Å². The van der Waals surface area contributed by atoms with E-state index in [9.17, 15) is 4.79 Å². The summed E-state index contributed by atoms with van der Waals surface area (Å²) in [6, 6.07) is 0.255. The lowest BCUT2D eigenvalue weighted by Crippen LogP contribution is -2.43. The molecule has 1 aliphatic rings. The van der Waals surface area contributed by atoms with E-state index < -0.39 is 5.60 Å². The molecular formula is C16H25NO2S. The molecule has 1 atom stereocenters. The van der Waals surface area contributed by atoms with Gasteiger partial charge in [-0.15, -0.1) is 11.3 Å². The average molecular weight is 295 g/mol. The van der Waals surface area contributed by atoms with Crippen LogP contribution in [0, 0.1) is 13.8 Å². The zero-order valence-electron chi connectivity index (χ0n) is 13.4. The second-order valence-electron chi connectivity index (χ2n) is 6.66.